The topological polar surface area (TPSA) is 52.7 Å². The predicted molar refractivity (Wildman–Crippen MR) is 107 cm³/mol. The molecule has 2 atom stereocenters. The SMILES string of the molecule is CN(C)C(=O)C(c1ccccc1)N1CCCC(C(=O)NC2CCCCC2)C1. The van der Waals surface area contributed by atoms with Crippen molar-refractivity contribution in [2.45, 2.75) is 57.0 Å². The highest BCUT2D eigenvalue weighted by Gasteiger charge is 2.35. The molecule has 1 aromatic carbocycles. The average molecular weight is 372 g/mol. The Balaban J connectivity index is 1.70. The summed E-state index contributed by atoms with van der Waals surface area (Å²) in [6, 6.07) is 9.97. The lowest BCUT2D eigenvalue weighted by Crippen LogP contribution is -2.49. The summed E-state index contributed by atoms with van der Waals surface area (Å²) < 4.78 is 0. The third-order valence-electron chi connectivity index (χ3n) is 5.93. The average Bonchev–Trinajstić information content (AvgIpc) is 2.70. The molecule has 1 aliphatic heterocycles. The van der Waals surface area contributed by atoms with Gasteiger partial charge in [0.2, 0.25) is 11.8 Å². The molecule has 3 rings (SSSR count). The van der Waals surface area contributed by atoms with Gasteiger partial charge in [0.1, 0.15) is 6.04 Å². The molecule has 5 heteroatoms. The maximum atomic E-state index is 12.9. The van der Waals surface area contributed by atoms with Gasteiger partial charge in [-0.05, 0) is 37.8 Å². The monoisotopic (exact) mass is 371 g/mol. The maximum absolute atomic E-state index is 12.9. The van der Waals surface area contributed by atoms with E-state index in [1.807, 2.05) is 30.3 Å². The van der Waals surface area contributed by atoms with Gasteiger partial charge in [-0.15, -0.1) is 0 Å². The molecule has 2 amide bonds. The Morgan fingerprint density at radius 1 is 1.04 bits per heavy atom. The summed E-state index contributed by atoms with van der Waals surface area (Å²) in [4.78, 5) is 29.6. The fourth-order valence-corrected chi connectivity index (χ4v) is 4.41. The van der Waals surface area contributed by atoms with Gasteiger partial charge in [-0.2, -0.15) is 0 Å². The molecule has 0 radical (unpaired) electrons. The van der Waals surface area contributed by atoms with Gasteiger partial charge in [0, 0.05) is 26.7 Å². The first-order valence-electron chi connectivity index (χ1n) is 10.4. The zero-order valence-electron chi connectivity index (χ0n) is 16.7. The van der Waals surface area contributed by atoms with Crippen molar-refractivity contribution in [1.29, 1.82) is 0 Å². The van der Waals surface area contributed by atoms with Crippen LogP contribution in [-0.4, -0.2) is 54.8 Å². The number of benzene rings is 1. The lowest BCUT2D eigenvalue weighted by Gasteiger charge is -2.38. The maximum Gasteiger partial charge on any atom is 0.244 e. The van der Waals surface area contributed by atoms with Crippen LogP contribution in [0, 0.1) is 5.92 Å². The Hall–Kier alpha value is -1.88. The number of hydrogen-bond donors (Lipinski definition) is 1. The van der Waals surface area contributed by atoms with E-state index in [1.54, 1.807) is 19.0 Å². The number of nitrogens with zero attached hydrogens (tertiary/aromatic N) is 2. The predicted octanol–water partition coefficient (Wildman–Crippen LogP) is 2.98. The van der Waals surface area contributed by atoms with Crippen molar-refractivity contribution in [2.75, 3.05) is 27.2 Å². The van der Waals surface area contributed by atoms with E-state index in [-0.39, 0.29) is 23.8 Å². The Kier molecular flexibility index (Phi) is 6.89. The van der Waals surface area contributed by atoms with Crippen LogP contribution in [0.1, 0.15) is 56.6 Å². The van der Waals surface area contributed by atoms with Crippen LogP contribution in [0.3, 0.4) is 0 Å². The summed E-state index contributed by atoms with van der Waals surface area (Å²) in [7, 11) is 3.60. The number of likely N-dealkylation sites (N-methyl/N-ethyl adjacent to an activating group) is 1. The van der Waals surface area contributed by atoms with E-state index < -0.39 is 0 Å². The van der Waals surface area contributed by atoms with Gasteiger partial charge < -0.3 is 10.2 Å². The first-order valence-corrected chi connectivity index (χ1v) is 10.4. The summed E-state index contributed by atoms with van der Waals surface area (Å²) in [6.45, 7) is 1.50. The lowest BCUT2D eigenvalue weighted by molar-refractivity contribution is -0.137. The minimum absolute atomic E-state index is 0.0261. The number of carbonyl (C=O) groups is 2. The number of likely N-dealkylation sites (tertiary alicyclic amines) is 1. The van der Waals surface area contributed by atoms with E-state index in [1.165, 1.54) is 19.3 Å². The Bertz CT molecular complexity index is 626. The van der Waals surface area contributed by atoms with Crippen molar-refractivity contribution < 1.29 is 9.59 Å². The van der Waals surface area contributed by atoms with Gasteiger partial charge in [-0.3, -0.25) is 14.5 Å². The Morgan fingerprint density at radius 2 is 1.74 bits per heavy atom. The second-order valence-corrected chi connectivity index (χ2v) is 8.22. The van der Waals surface area contributed by atoms with Crippen LogP contribution in [0.2, 0.25) is 0 Å². The van der Waals surface area contributed by atoms with E-state index in [4.69, 9.17) is 0 Å². The molecule has 1 N–H and O–H groups in total. The minimum Gasteiger partial charge on any atom is -0.353 e. The van der Waals surface area contributed by atoms with Crippen LogP contribution in [0.4, 0.5) is 0 Å². The van der Waals surface area contributed by atoms with Crippen molar-refractivity contribution in [2.24, 2.45) is 5.92 Å². The third-order valence-corrected chi connectivity index (χ3v) is 5.93. The fourth-order valence-electron chi connectivity index (χ4n) is 4.41. The van der Waals surface area contributed by atoms with Crippen LogP contribution in [-0.2, 0) is 9.59 Å². The molecule has 1 aromatic rings. The highest BCUT2D eigenvalue weighted by molar-refractivity contribution is 5.83. The summed E-state index contributed by atoms with van der Waals surface area (Å²) in [6.07, 6.45) is 7.79. The number of amides is 2. The molecule has 1 heterocycles. The highest BCUT2D eigenvalue weighted by Crippen LogP contribution is 2.29. The largest absolute Gasteiger partial charge is 0.353 e. The molecule has 27 heavy (non-hydrogen) atoms. The fraction of sp³-hybridized carbons (Fsp3) is 0.636. The van der Waals surface area contributed by atoms with Gasteiger partial charge in [-0.1, -0.05) is 49.6 Å². The molecule has 0 bridgehead atoms. The first kappa shape index (κ1) is 19.9. The first-order chi connectivity index (χ1) is 13.1. The number of nitrogens with one attached hydrogen (secondary N) is 1. The van der Waals surface area contributed by atoms with Gasteiger partial charge >= 0.3 is 0 Å². The van der Waals surface area contributed by atoms with E-state index in [0.717, 1.165) is 37.8 Å². The molecule has 0 spiro atoms. The smallest absolute Gasteiger partial charge is 0.244 e. The third kappa shape index (κ3) is 5.10. The molecule has 2 unspecified atom stereocenters. The minimum atomic E-state index is -0.313. The van der Waals surface area contributed by atoms with Crippen molar-refractivity contribution in [3.05, 3.63) is 35.9 Å². The van der Waals surface area contributed by atoms with Crippen molar-refractivity contribution in [3.8, 4) is 0 Å². The van der Waals surface area contributed by atoms with Crippen LogP contribution < -0.4 is 5.32 Å². The Morgan fingerprint density at radius 3 is 2.41 bits per heavy atom. The summed E-state index contributed by atoms with van der Waals surface area (Å²) in [5.74, 6) is 0.229. The Labute approximate surface area is 163 Å². The molecule has 2 fully saturated rings. The standard InChI is InChI=1S/C22H33N3O2/c1-24(2)22(27)20(17-10-5-3-6-11-17)25-15-9-12-18(16-25)21(26)23-19-13-7-4-8-14-19/h3,5-6,10-11,18-20H,4,7-9,12-16H2,1-2H3,(H,23,26). The summed E-state index contributed by atoms with van der Waals surface area (Å²) in [5.41, 5.74) is 1.00. The van der Waals surface area contributed by atoms with E-state index in [0.29, 0.717) is 12.6 Å². The van der Waals surface area contributed by atoms with Crippen molar-refractivity contribution in [3.63, 3.8) is 0 Å². The number of hydrogen-bond acceptors (Lipinski definition) is 3. The van der Waals surface area contributed by atoms with Crippen LogP contribution in [0.25, 0.3) is 0 Å². The molecular formula is C22H33N3O2. The number of carbonyl (C=O) groups excluding carboxylic acids is 2. The van der Waals surface area contributed by atoms with Gasteiger partial charge in [-0.25, -0.2) is 0 Å². The quantitative estimate of drug-likeness (QED) is 0.866. The van der Waals surface area contributed by atoms with Crippen molar-refractivity contribution in [1.82, 2.24) is 15.1 Å². The van der Waals surface area contributed by atoms with E-state index in [2.05, 4.69) is 10.2 Å². The number of rotatable bonds is 5. The van der Waals surface area contributed by atoms with Gasteiger partial charge in [0.25, 0.3) is 0 Å². The van der Waals surface area contributed by atoms with Gasteiger partial charge in [0.05, 0.1) is 5.92 Å². The summed E-state index contributed by atoms with van der Waals surface area (Å²) in [5, 5.41) is 3.28. The summed E-state index contributed by atoms with van der Waals surface area (Å²) >= 11 is 0. The lowest BCUT2D eigenvalue weighted by atomic mass is 9.91. The number of piperidine rings is 1. The normalized spacial score (nSPS) is 22.8. The van der Waals surface area contributed by atoms with Crippen LogP contribution in [0.15, 0.2) is 30.3 Å². The second kappa shape index (κ2) is 9.36. The zero-order valence-corrected chi connectivity index (χ0v) is 16.7. The molecule has 5 nitrogen and oxygen atoms in total. The van der Waals surface area contributed by atoms with E-state index in [9.17, 15) is 9.59 Å². The second-order valence-electron chi connectivity index (χ2n) is 8.22. The zero-order chi connectivity index (χ0) is 19.2. The molecule has 1 aliphatic carbocycles. The molecule has 148 valence electrons. The van der Waals surface area contributed by atoms with Crippen LogP contribution >= 0.6 is 0 Å². The molecule has 1 saturated carbocycles. The van der Waals surface area contributed by atoms with Gasteiger partial charge in [0.15, 0.2) is 0 Å². The highest BCUT2D eigenvalue weighted by atomic mass is 16.2. The van der Waals surface area contributed by atoms with Crippen LogP contribution in [0.5, 0.6) is 0 Å². The van der Waals surface area contributed by atoms with E-state index >= 15 is 0 Å². The molecule has 2 aliphatic rings. The molecule has 1 saturated heterocycles. The molecular weight excluding hydrogens is 338 g/mol. The molecule has 0 aromatic heterocycles. The van der Waals surface area contributed by atoms with Crippen molar-refractivity contribution >= 4 is 11.8 Å².